The van der Waals surface area contributed by atoms with Gasteiger partial charge in [0.15, 0.2) is 5.96 Å². The summed E-state index contributed by atoms with van der Waals surface area (Å²) >= 11 is 0. The summed E-state index contributed by atoms with van der Waals surface area (Å²) in [5.41, 5.74) is 11.1. The predicted molar refractivity (Wildman–Crippen MR) is 103 cm³/mol. The highest BCUT2D eigenvalue weighted by Gasteiger charge is 2.29. The highest BCUT2D eigenvalue weighted by molar-refractivity contribution is 5.93. The number of nitrogens with two attached hydrogens (primary N) is 2. The third kappa shape index (κ3) is 9.01. The van der Waals surface area contributed by atoms with Gasteiger partial charge < -0.3 is 42.6 Å². The Hall–Kier alpha value is -3.68. The number of nitrogens with zero attached hydrogens (tertiary/aromatic N) is 1. The summed E-state index contributed by atoms with van der Waals surface area (Å²) in [6.07, 6.45) is 2.50. The normalized spacial score (nSPS) is 13.5. The van der Waals surface area contributed by atoms with Gasteiger partial charge in [0.1, 0.15) is 12.1 Å². The monoisotopic (exact) mass is 426 g/mol. The molecule has 0 bridgehead atoms. The fraction of sp³-hybridized carbons (Fsp3) is 0.500. The number of nitrogens with one attached hydrogen (secondary N) is 5. The van der Waals surface area contributed by atoms with Crippen LogP contribution in [0.3, 0.4) is 0 Å². The van der Waals surface area contributed by atoms with Crippen LogP contribution in [0.4, 0.5) is 0 Å². The van der Waals surface area contributed by atoms with Gasteiger partial charge in [0, 0.05) is 19.2 Å². The van der Waals surface area contributed by atoms with E-state index in [-0.39, 0.29) is 25.3 Å². The minimum absolute atomic E-state index is 0.0446. The number of H-pyrrole nitrogens is 1. The Bertz CT molecular complexity index is 753. The Kier molecular flexibility index (Phi) is 9.75. The van der Waals surface area contributed by atoms with Crippen LogP contribution in [0.5, 0.6) is 0 Å². The number of aromatic nitrogens is 2. The molecule has 1 heterocycles. The van der Waals surface area contributed by atoms with E-state index in [2.05, 4.69) is 25.9 Å². The van der Waals surface area contributed by atoms with E-state index in [1.54, 1.807) is 0 Å². The van der Waals surface area contributed by atoms with Crippen molar-refractivity contribution in [1.29, 1.82) is 5.41 Å². The van der Waals surface area contributed by atoms with Crippen molar-refractivity contribution >= 4 is 29.7 Å². The van der Waals surface area contributed by atoms with E-state index in [4.69, 9.17) is 22.0 Å². The van der Waals surface area contributed by atoms with Gasteiger partial charge in [-0.15, -0.1) is 0 Å². The molecule has 14 heteroatoms. The largest absolute Gasteiger partial charge is 0.481 e. The minimum Gasteiger partial charge on any atom is -0.481 e. The molecule has 0 spiro atoms. The number of carbonyl (C=O) groups is 4. The quantitative estimate of drug-likeness (QED) is 0.0881. The average Bonchev–Trinajstić information content (AvgIpc) is 3.15. The number of carboxylic acid groups (broad SMARTS) is 2. The first-order chi connectivity index (χ1) is 14.1. The molecular weight excluding hydrogens is 400 g/mol. The molecule has 1 rings (SSSR count). The first-order valence-electron chi connectivity index (χ1n) is 8.96. The first kappa shape index (κ1) is 24.4. The van der Waals surface area contributed by atoms with Crippen molar-refractivity contribution in [3.8, 4) is 0 Å². The summed E-state index contributed by atoms with van der Waals surface area (Å²) in [4.78, 5) is 53.7. The molecule has 0 saturated carbocycles. The van der Waals surface area contributed by atoms with E-state index in [9.17, 15) is 24.3 Å². The molecule has 166 valence electrons. The fourth-order valence-electron chi connectivity index (χ4n) is 2.44. The smallest absolute Gasteiger partial charge is 0.326 e. The van der Waals surface area contributed by atoms with Crippen molar-refractivity contribution < 1.29 is 29.4 Å². The molecule has 3 atom stereocenters. The van der Waals surface area contributed by atoms with Gasteiger partial charge in [-0.05, 0) is 12.8 Å². The van der Waals surface area contributed by atoms with Crippen LogP contribution in [0, 0.1) is 5.41 Å². The molecule has 0 radical (unpaired) electrons. The summed E-state index contributed by atoms with van der Waals surface area (Å²) in [5, 5.41) is 32.4. The second-order valence-corrected chi connectivity index (χ2v) is 6.41. The third-order valence-electron chi connectivity index (χ3n) is 3.93. The molecule has 1 aromatic rings. The second kappa shape index (κ2) is 12.0. The number of imidazole rings is 1. The van der Waals surface area contributed by atoms with E-state index in [0.717, 1.165) is 0 Å². The summed E-state index contributed by atoms with van der Waals surface area (Å²) < 4.78 is 0. The highest BCUT2D eigenvalue weighted by atomic mass is 16.4. The van der Waals surface area contributed by atoms with Crippen LogP contribution in [-0.4, -0.2) is 74.6 Å². The zero-order valence-corrected chi connectivity index (χ0v) is 16.1. The van der Waals surface area contributed by atoms with Crippen molar-refractivity contribution in [1.82, 2.24) is 25.9 Å². The number of hydrogen-bond acceptors (Lipinski definition) is 7. The van der Waals surface area contributed by atoms with Crippen molar-refractivity contribution in [2.24, 2.45) is 11.5 Å². The molecule has 1 aromatic heterocycles. The fourth-order valence-corrected chi connectivity index (χ4v) is 2.44. The van der Waals surface area contributed by atoms with Crippen LogP contribution in [0.2, 0.25) is 0 Å². The van der Waals surface area contributed by atoms with E-state index < -0.39 is 48.3 Å². The summed E-state index contributed by atoms with van der Waals surface area (Å²) in [6, 6.07) is -3.86. The highest BCUT2D eigenvalue weighted by Crippen LogP contribution is 2.03. The zero-order chi connectivity index (χ0) is 22.7. The Balaban J connectivity index is 2.81. The van der Waals surface area contributed by atoms with Crippen LogP contribution in [0.1, 0.15) is 25.0 Å². The number of aromatic amines is 1. The van der Waals surface area contributed by atoms with Gasteiger partial charge in [-0.25, -0.2) is 9.78 Å². The van der Waals surface area contributed by atoms with Crippen LogP contribution in [0.15, 0.2) is 12.5 Å². The topological polar surface area (TPSA) is 249 Å². The molecule has 2 amide bonds. The van der Waals surface area contributed by atoms with Gasteiger partial charge >= 0.3 is 11.9 Å². The maximum atomic E-state index is 12.7. The van der Waals surface area contributed by atoms with Gasteiger partial charge in [-0.3, -0.25) is 19.8 Å². The lowest BCUT2D eigenvalue weighted by Crippen LogP contribution is -2.55. The van der Waals surface area contributed by atoms with Crippen LogP contribution in [0.25, 0.3) is 0 Å². The first-order valence-corrected chi connectivity index (χ1v) is 8.96. The number of rotatable bonds is 13. The van der Waals surface area contributed by atoms with Gasteiger partial charge in [-0.2, -0.15) is 0 Å². The number of carbonyl (C=O) groups excluding carboxylic acids is 2. The van der Waals surface area contributed by atoms with Gasteiger partial charge in [0.25, 0.3) is 0 Å². The van der Waals surface area contributed by atoms with E-state index in [1.165, 1.54) is 12.5 Å². The predicted octanol–water partition coefficient (Wildman–Crippen LogP) is -2.93. The Morgan fingerprint density at radius 2 is 1.83 bits per heavy atom. The molecule has 11 N–H and O–H groups in total. The molecule has 0 aliphatic carbocycles. The SMILES string of the molecule is N=C(N)NCCC[C@H](NC(=O)[C@H](Cc1c[nH]cn1)NC(=O)[C@@H](N)CC(=O)O)C(=O)O. The molecular formula is C16H26N8O6. The number of carboxylic acids is 2. The summed E-state index contributed by atoms with van der Waals surface area (Å²) in [6.45, 7) is 0.243. The number of hydrogen-bond donors (Lipinski definition) is 9. The van der Waals surface area contributed by atoms with Crippen LogP contribution < -0.4 is 27.4 Å². The third-order valence-corrected chi connectivity index (χ3v) is 3.93. The summed E-state index contributed by atoms with van der Waals surface area (Å²) in [5.74, 6) is -4.48. The lowest BCUT2D eigenvalue weighted by Gasteiger charge is -2.22. The van der Waals surface area contributed by atoms with Crippen molar-refractivity contribution in [3.63, 3.8) is 0 Å². The Morgan fingerprint density at radius 3 is 2.37 bits per heavy atom. The zero-order valence-electron chi connectivity index (χ0n) is 16.1. The maximum absolute atomic E-state index is 12.7. The van der Waals surface area contributed by atoms with Crippen molar-refractivity contribution in [2.45, 2.75) is 43.8 Å². The second-order valence-electron chi connectivity index (χ2n) is 6.41. The van der Waals surface area contributed by atoms with E-state index in [0.29, 0.717) is 12.1 Å². The lowest BCUT2D eigenvalue weighted by atomic mass is 10.1. The molecule has 0 fully saturated rings. The molecule has 0 saturated heterocycles. The van der Waals surface area contributed by atoms with Crippen LogP contribution in [-0.2, 0) is 25.6 Å². The molecule has 30 heavy (non-hydrogen) atoms. The lowest BCUT2D eigenvalue weighted by molar-refractivity contribution is -0.143. The average molecular weight is 426 g/mol. The number of aliphatic carboxylic acids is 2. The Morgan fingerprint density at radius 1 is 1.17 bits per heavy atom. The van der Waals surface area contributed by atoms with Gasteiger partial charge in [0.05, 0.1) is 24.5 Å². The molecule has 0 aromatic carbocycles. The van der Waals surface area contributed by atoms with Crippen molar-refractivity contribution in [2.75, 3.05) is 6.54 Å². The van der Waals surface area contributed by atoms with Crippen LogP contribution >= 0.6 is 0 Å². The number of amides is 2. The van der Waals surface area contributed by atoms with E-state index >= 15 is 0 Å². The molecule has 0 unspecified atom stereocenters. The maximum Gasteiger partial charge on any atom is 0.326 e. The standard InChI is InChI=1S/C16H26N8O6/c17-9(5-12(25)26)13(27)24-11(4-8-6-20-7-22-8)14(28)23-10(15(29)30)2-1-3-21-16(18)19/h6-7,9-11H,1-5,17H2,(H,20,22)(H,23,28)(H,24,27)(H,25,26)(H,29,30)(H4,18,19,21)/t9-,10-,11-/m0/s1. The molecule has 0 aliphatic heterocycles. The molecule has 14 nitrogen and oxygen atoms in total. The number of guanidine groups is 1. The van der Waals surface area contributed by atoms with Crippen molar-refractivity contribution in [3.05, 3.63) is 18.2 Å². The van der Waals surface area contributed by atoms with E-state index in [1.807, 2.05) is 0 Å². The summed E-state index contributed by atoms with van der Waals surface area (Å²) in [7, 11) is 0. The van der Waals surface area contributed by atoms with Gasteiger partial charge in [0.2, 0.25) is 11.8 Å². The minimum atomic E-state index is -1.38. The molecule has 0 aliphatic rings. The van der Waals surface area contributed by atoms with Gasteiger partial charge in [-0.1, -0.05) is 0 Å². The Labute approximate surface area is 171 Å².